The Hall–Kier alpha value is 0. The van der Waals surface area contributed by atoms with E-state index in [0.29, 0.717) is 0 Å². The van der Waals surface area contributed by atoms with Crippen LogP contribution in [-0.4, -0.2) is 0 Å². The van der Waals surface area contributed by atoms with Gasteiger partial charge in [0.15, 0.2) is 0 Å². The Bertz CT molecular complexity index is 286. The minimum absolute atomic E-state index is 1.01. The van der Waals surface area contributed by atoms with Crippen molar-refractivity contribution >= 4 is 0 Å². The molecular weight excluding hydrogens is 276 g/mol. The SMILES string of the molecule is CCCCCC1CCC(C2CCC(CCCCC)CC2C)CC1. The van der Waals surface area contributed by atoms with Crippen molar-refractivity contribution in [2.75, 3.05) is 0 Å². The Morgan fingerprint density at radius 1 is 0.652 bits per heavy atom. The maximum Gasteiger partial charge on any atom is -0.0360 e. The van der Waals surface area contributed by atoms with Crippen molar-refractivity contribution < 1.29 is 0 Å². The van der Waals surface area contributed by atoms with E-state index in [-0.39, 0.29) is 0 Å². The molecular formula is C23H44. The summed E-state index contributed by atoms with van der Waals surface area (Å²) >= 11 is 0. The van der Waals surface area contributed by atoms with Gasteiger partial charge in [0, 0.05) is 0 Å². The summed E-state index contributed by atoms with van der Waals surface area (Å²) < 4.78 is 0. The van der Waals surface area contributed by atoms with Crippen LogP contribution < -0.4 is 0 Å². The van der Waals surface area contributed by atoms with Crippen LogP contribution >= 0.6 is 0 Å². The number of unbranched alkanes of at least 4 members (excludes halogenated alkanes) is 4. The van der Waals surface area contributed by atoms with Gasteiger partial charge in [0.05, 0.1) is 0 Å². The molecule has 2 fully saturated rings. The second-order valence-electron chi connectivity index (χ2n) is 9.09. The van der Waals surface area contributed by atoms with E-state index in [1.807, 2.05) is 0 Å². The highest BCUT2D eigenvalue weighted by molar-refractivity contribution is 4.85. The van der Waals surface area contributed by atoms with Crippen molar-refractivity contribution in [1.29, 1.82) is 0 Å². The predicted octanol–water partition coefficient (Wildman–Crippen LogP) is 8.01. The molecule has 23 heavy (non-hydrogen) atoms. The molecule has 3 atom stereocenters. The summed E-state index contributed by atoms with van der Waals surface area (Å²) in [4.78, 5) is 0. The Labute approximate surface area is 147 Å². The van der Waals surface area contributed by atoms with Gasteiger partial charge in [-0.3, -0.25) is 0 Å². The van der Waals surface area contributed by atoms with E-state index in [1.54, 1.807) is 44.9 Å². The van der Waals surface area contributed by atoms with E-state index in [0.717, 1.165) is 29.6 Å². The minimum atomic E-state index is 1.01. The third-order valence-electron chi connectivity index (χ3n) is 7.27. The largest absolute Gasteiger partial charge is 0.0654 e. The van der Waals surface area contributed by atoms with Gasteiger partial charge < -0.3 is 0 Å². The lowest BCUT2D eigenvalue weighted by Crippen LogP contribution is -2.31. The first-order chi connectivity index (χ1) is 11.2. The first-order valence-corrected chi connectivity index (χ1v) is 11.2. The molecule has 0 heteroatoms. The number of hydrogen-bond acceptors (Lipinski definition) is 0. The highest BCUT2D eigenvalue weighted by atomic mass is 14.4. The summed E-state index contributed by atoms with van der Waals surface area (Å²) in [6.07, 6.45) is 22.6. The maximum absolute atomic E-state index is 2.59. The highest BCUT2D eigenvalue weighted by Gasteiger charge is 2.34. The van der Waals surface area contributed by atoms with Gasteiger partial charge in [-0.2, -0.15) is 0 Å². The van der Waals surface area contributed by atoms with Gasteiger partial charge in [-0.15, -0.1) is 0 Å². The summed E-state index contributed by atoms with van der Waals surface area (Å²) in [5, 5.41) is 0. The molecule has 0 spiro atoms. The maximum atomic E-state index is 2.59. The molecule has 0 amide bonds. The summed E-state index contributed by atoms with van der Waals surface area (Å²) in [5.41, 5.74) is 0. The van der Waals surface area contributed by atoms with Crippen molar-refractivity contribution in [2.24, 2.45) is 29.6 Å². The summed E-state index contributed by atoms with van der Waals surface area (Å²) in [7, 11) is 0. The molecule has 2 aliphatic rings. The van der Waals surface area contributed by atoms with E-state index in [9.17, 15) is 0 Å². The Morgan fingerprint density at radius 2 is 1.22 bits per heavy atom. The molecule has 0 saturated heterocycles. The average molecular weight is 321 g/mol. The van der Waals surface area contributed by atoms with Crippen LogP contribution in [-0.2, 0) is 0 Å². The first kappa shape index (κ1) is 19.3. The van der Waals surface area contributed by atoms with E-state index in [2.05, 4.69) is 20.8 Å². The molecule has 0 N–H and O–H groups in total. The van der Waals surface area contributed by atoms with Gasteiger partial charge in [-0.25, -0.2) is 0 Å². The zero-order chi connectivity index (χ0) is 16.5. The normalized spacial score (nSPS) is 35.3. The van der Waals surface area contributed by atoms with Crippen LogP contribution in [0.3, 0.4) is 0 Å². The monoisotopic (exact) mass is 320 g/mol. The Morgan fingerprint density at radius 3 is 1.78 bits per heavy atom. The van der Waals surface area contributed by atoms with Crippen molar-refractivity contribution in [3.8, 4) is 0 Å². The van der Waals surface area contributed by atoms with Crippen LogP contribution in [0, 0.1) is 29.6 Å². The van der Waals surface area contributed by atoms with Crippen LogP contribution in [0.1, 0.15) is 117 Å². The topological polar surface area (TPSA) is 0 Å². The van der Waals surface area contributed by atoms with Gasteiger partial charge in [-0.1, -0.05) is 91.4 Å². The predicted molar refractivity (Wildman–Crippen MR) is 104 cm³/mol. The van der Waals surface area contributed by atoms with Crippen molar-refractivity contribution in [2.45, 2.75) is 117 Å². The Balaban J connectivity index is 1.66. The molecule has 0 heterocycles. The van der Waals surface area contributed by atoms with Crippen LogP contribution in [0.4, 0.5) is 0 Å². The molecule has 0 aromatic heterocycles. The fraction of sp³-hybridized carbons (Fsp3) is 1.00. The fourth-order valence-corrected chi connectivity index (χ4v) is 5.76. The minimum Gasteiger partial charge on any atom is -0.0654 e. The van der Waals surface area contributed by atoms with Crippen molar-refractivity contribution in [3.05, 3.63) is 0 Å². The van der Waals surface area contributed by atoms with Gasteiger partial charge in [0.2, 0.25) is 0 Å². The number of hydrogen-bond donors (Lipinski definition) is 0. The van der Waals surface area contributed by atoms with Crippen molar-refractivity contribution in [3.63, 3.8) is 0 Å². The summed E-state index contributed by atoms with van der Waals surface area (Å²) in [6.45, 7) is 7.25. The summed E-state index contributed by atoms with van der Waals surface area (Å²) in [5.74, 6) is 5.33. The van der Waals surface area contributed by atoms with E-state index < -0.39 is 0 Å². The molecule has 2 saturated carbocycles. The van der Waals surface area contributed by atoms with Crippen LogP contribution in [0.25, 0.3) is 0 Å². The molecule has 3 unspecified atom stereocenters. The second-order valence-corrected chi connectivity index (χ2v) is 9.09. The molecule has 0 nitrogen and oxygen atoms in total. The smallest absolute Gasteiger partial charge is 0.0360 e. The Kier molecular flexibility index (Phi) is 9.06. The summed E-state index contributed by atoms with van der Waals surface area (Å²) in [6, 6.07) is 0. The molecule has 0 radical (unpaired) electrons. The molecule has 2 aliphatic carbocycles. The average Bonchev–Trinajstić information content (AvgIpc) is 2.56. The van der Waals surface area contributed by atoms with Gasteiger partial charge >= 0.3 is 0 Å². The van der Waals surface area contributed by atoms with E-state index >= 15 is 0 Å². The lowest BCUT2D eigenvalue weighted by molar-refractivity contribution is 0.0918. The molecule has 2 rings (SSSR count). The van der Waals surface area contributed by atoms with Gasteiger partial charge in [0.1, 0.15) is 0 Å². The molecule has 136 valence electrons. The third kappa shape index (κ3) is 6.43. The lowest BCUT2D eigenvalue weighted by atomic mass is 9.64. The van der Waals surface area contributed by atoms with Crippen LogP contribution in [0.5, 0.6) is 0 Å². The molecule has 0 aromatic carbocycles. The van der Waals surface area contributed by atoms with Gasteiger partial charge in [-0.05, 0) is 55.3 Å². The zero-order valence-electron chi connectivity index (χ0n) is 16.5. The van der Waals surface area contributed by atoms with Crippen LogP contribution in [0.15, 0.2) is 0 Å². The molecule has 0 aromatic rings. The number of rotatable bonds is 9. The second kappa shape index (κ2) is 10.8. The third-order valence-corrected chi connectivity index (χ3v) is 7.27. The zero-order valence-corrected chi connectivity index (χ0v) is 16.5. The highest BCUT2D eigenvalue weighted by Crippen LogP contribution is 2.45. The van der Waals surface area contributed by atoms with Gasteiger partial charge in [0.25, 0.3) is 0 Å². The molecule has 0 bridgehead atoms. The van der Waals surface area contributed by atoms with Crippen molar-refractivity contribution in [1.82, 2.24) is 0 Å². The van der Waals surface area contributed by atoms with Crippen LogP contribution in [0.2, 0.25) is 0 Å². The lowest BCUT2D eigenvalue weighted by Gasteiger charge is -2.42. The van der Waals surface area contributed by atoms with E-state index in [4.69, 9.17) is 0 Å². The standard InChI is InChI=1S/C23H44/c1-4-6-8-10-20-12-15-22(16-13-20)23-17-14-21(18-19(23)3)11-9-7-5-2/h19-23H,4-18H2,1-3H3. The van der Waals surface area contributed by atoms with E-state index in [1.165, 1.54) is 51.4 Å². The molecule has 0 aliphatic heterocycles. The first-order valence-electron chi connectivity index (χ1n) is 11.2. The quantitative estimate of drug-likeness (QED) is 0.377. The fourth-order valence-electron chi connectivity index (χ4n) is 5.76.